The van der Waals surface area contributed by atoms with Gasteiger partial charge in [-0.1, -0.05) is 24.3 Å². The second-order valence-electron chi connectivity index (χ2n) is 11.1. The maximum absolute atomic E-state index is 6.33. The second-order valence-corrected chi connectivity index (χ2v) is 11.1. The number of para-hydroxylation sites is 2. The van der Waals surface area contributed by atoms with Crippen LogP contribution in [-0.4, -0.2) is 142 Å². The fourth-order valence-corrected chi connectivity index (χ4v) is 5.40. The van der Waals surface area contributed by atoms with Crippen LogP contribution < -0.4 is 18.9 Å². The van der Waals surface area contributed by atoms with Crippen molar-refractivity contribution in [2.45, 2.75) is 13.1 Å². The Balaban J connectivity index is 1.44. The molecule has 0 N–H and O–H groups in total. The maximum atomic E-state index is 6.33. The predicted octanol–water partition coefficient (Wildman–Crippen LogP) is 2.65. The summed E-state index contributed by atoms with van der Waals surface area (Å²) in [6, 6.07) is 12.0. The van der Waals surface area contributed by atoms with Gasteiger partial charge in [-0.05, 0) is 12.1 Å². The van der Waals surface area contributed by atoms with Crippen LogP contribution in [0.2, 0.25) is 0 Å². The van der Waals surface area contributed by atoms with Crippen LogP contribution in [0.5, 0.6) is 23.0 Å². The van der Waals surface area contributed by atoms with Crippen LogP contribution >= 0.6 is 0 Å². The summed E-state index contributed by atoms with van der Waals surface area (Å²) in [5.41, 5.74) is 2.04. The molecule has 256 valence electrons. The summed E-state index contributed by atoms with van der Waals surface area (Å²) in [5, 5.41) is 0. The molecule has 12 heteroatoms. The molecule has 1 fully saturated rings. The average Bonchev–Trinajstić information content (AvgIpc) is 3.06. The second kappa shape index (κ2) is 20.5. The normalized spacial score (nSPS) is 24.1. The third-order valence-corrected chi connectivity index (χ3v) is 7.78. The van der Waals surface area contributed by atoms with Crippen molar-refractivity contribution in [1.82, 2.24) is 9.80 Å². The standard InChI is InChI=1S/C34H50N2O10/c1-3-29-27-35-7-11-37-15-17-39-13-9-36(10-14-40-18-16-38-12-8-35)28-30-4-2-6-32-34(30)46-26-22-42-21-25-45-33(29)31(5-1)43-23-19-41-20-24-44-32/h1-6H,7-28H2. The van der Waals surface area contributed by atoms with E-state index >= 15 is 0 Å². The topological polar surface area (TPSA) is 98.8 Å². The molecular weight excluding hydrogens is 596 g/mol. The van der Waals surface area contributed by atoms with Crippen molar-refractivity contribution in [2.75, 3.05) is 132 Å². The van der Waals surface area contributed by atoms with Gasteiger partial charge in [0.25, 0.3) is 0 Å². The molecule has 0 aromatic heterocycles. The predicted molar refractivity (Wildman–Crippen MR) is 170 cm³/mol. The molecule has 0 spiro atoms. The molecule has 4 aliphatic heterocycles. The van der Waals surface area contributed by atoms with Crippen molar-refractivity contribution in [3.05, 3.63) is 47.5 Å². The Morgan fingerprint density at radius 2 is 0.674 bits per heavy atom. The van der Waals surface area contributed by atoms with E-state index in [9.17, 15) is 0 Å². The van der Waals surface area contributed by atoms with Crippen LogP contribution in [0.15, 0.2) is 36.4 Å². The lowest BCUT2D eigenvalue weighted by Gasteiger charge is -2.25. The summed E-state index contributed by atoms with van der Waals surface area (Å²) >= 11 is 0. The van der Waals surface area contributed by atoms with Gasteiger partial charge in [-0.2, -0.15) is 0 Å². The van der Waals surface area contributed by atoms with E-state index in [1.807, 2.05) is 24.3 Å². The molecule has 0 unspecified atom stereocenters. The van der Waals surface area contributed by atoms with Crippen molar-refractivity contribution in [3.63, 3.8) is 0 Å². The molecule has 0 amide bonds. The fraction of sp³-hybridized carbons (Fsp3) is 0.647. The number of hydrogen-bond donors (Lipinski definition) is 0. The van der Waals surface area contributed by atoms with Crippen LogP contribution in [0, 0.1) is 0 Å². The van der Waals surface area contributed by atoms with Crippen molar-refractivity contribution >= 4 is 0 Å². The first kappa shape index (κ1) is 34.6. The van der Waals surface area contributed by atoms with Gasteiger partial charge in [0.05, 0.1) is 79.3 Å². The summed E-state index contributed by atoms with van der Waals surface area (Å²) in [4.78, 5) is 4.62. The van der Waals surface area contributed by atoms with E-state index in [-0.39, 0.29) is 0 Å². The van der Waals surface area contributed by atoms with Gasteiger partial charge in [0.2, 0.25) is 0 Å². The molecule has 0 radical (unpaired) electrons. The molecule has 4 aliphatic rings. The van der Waals surface area contributed by atoms with Gasteiger partial charge < -0.3 is 47.4 Å². The number of benzene rings is 2. The molecule has 2 aromatic carbocycles. The van der Waals surface area contributed by atoms with Crippen LogP contribution in [0.25, 0.3) is 0 Å². The van der Waals surface area contributed by atoms with Gasteiger partial charge in [-0.3, -0.25) is 9.80 Å². The number of hydrogen-bond acceptors (Lipinski definition) is 12. The number of fused-ring (bicyclic) bond motifs is 14. The van der Waals surface area contributed by atoms with Gasteiger partial charge in [-0.15, -0.1) is 0 Å². The van der Waals surface area contributed by atoms with E-state index in [0.717, 1.165) is 37.3 Å². The van der Waals surface area contributed by atoms with E-state index in [4.69, 9.17) is 47.4 Å². The van der Waals surface area contributed by atoms with Gasteiger partial charge in [0.1, 0.15) is 26.4 Å². The molecule has 1 saturated heterocycles. The highest BCUT2D eigenvalue weighted by Crippen LogP contribution is 2.34. The molecule has 2 aromatic rings. The van der Waals surface area contributed by atoms with Gasteiger partial charge >= 0.3 is 0 Å². The molecule has 4 bridgehead atoms. The molecule has 46 heavy (non-hydrogen) atoms. The first-order valence-corrected chi connectivity index (χ1v) is 16.5. The molecule has 4 heterocycles. The van der Waals surface area contributed by atoms with Crippen LogP contribution in [0.1, 0.15) is 11.1 Å². The zero-order valence-electron chi connectivity index (χ0n) is 27.0. The highest BCUT2D eigenvalue weighted by Gasteiger charge is 2.18. The summed E-state index contributed by atoms with van der Waals surface area (Å²) in [6.07, 6.45) is 0. The van der Waals surface area contributed by atoms with Crippen molar-refractivity contribution in [1.29, 1.82) is 0 Å². The third-order valence-electron chi connectivity index (χ3n) is 7.78. The zero-order chi connectivity index (χ0) is 31.5. The number of ether oxygens (including phenoxy) is 10. The Hall–Kier alpha value is -2.68. The Bertz CT molecular complexity index is 1030. The lowest BCUT2D eigenvalue weighted by Crippen LogP contribution is -2.33. The smallest absolute Gasteiger partial charge is 0.165 e. The average molecular weight is 647 g/mol. The van der Waals surface area contributed by atoms with Gasteiger partial charge in [0, 0.05) is 50.4 Å². The fourth-order valence-electron chi connectivity index (χ4n) is 5.40. The summed E-state index contributed by atoms with van der Waals surface area (Å²) in [6.45, 7) is 11.8. The first-order chi connectivity index (χ1) is 22.9. The molecule has 0 saturated carbocycles. The van der Waals surface area contributed by atoms with E-state index in [0.29, 0.717) is 142 Å². The van der Waals surface area contributed by atoms with E-state index in [2.05, 4.69) is 21.9 Å². The molecular formula is C34H50N2O10. The quantitative estimate of drug-likeness (QED) is 0.421. The Morgan fingerprint density at radius 1 is 0.348 bits per heavy atom. The summed E-state index contributed by atoms with van der Waals surface area (Å²) < 4.78 is 60.7. The van der Waals surface area contributed by atoms with Gasteiger partial charge in [0.15, 0.2) is 23.0 Å². The van der Waals surface area contributed by atoms with Crippen molar-refractivity contribution in [2.24, 2.45) is 0 Å². The summed E-state index contributed by atoms with van der Waals surface area (Å²) in [7, 11) is 0. The lowest BCUT2D eigenvalue weighted by molar-refractivity contribution is 0.00607. The van der Waals surface area contributed by atoms with E-state index in [1.165, 1.54) is 0 Å². The van der Waals surface area contributed by atoms with E-state index in [1.54, 1.807) is 0 Å². The highest BCUT2D eigenvalue weighted by atomic mass is 16.6. The lowest BCUT2D eigenvalue weighted by atomic mass is 10.1. The molecule has 6 rings (SSSR count). The van der Waals surface area contributed by atoms with E-state index < -0.39 is 0 Å². The number of rotatable bonds is 0. The maximum Gasteiger partial charge on any atom is 0.165 e. The Kier molecular flexibility index (Phi) is 15.5. The SMILES string of the molecule is c1cc2c3c(c1)OCCOCCOc1cccc(c1OCCOCCO3)CN1CCOCCOCCN(CCOCCOCC1)C2. The minimum atomic E-state index is 0.371. The Labute approximate surface area is 272 Å². The Morgan fingerprint density at radius 3 is 1.07 bits per heavy atom. The van der Waals surface area contributed by atoms with Gasteiger partial charge in [-0.25, -0.2) is 0 Å². The first-order valence-electron chi connectivity index (χ1n) is 16.5. The minimum absolute atomic E-state index is 0.371. The minimum Gasteiger partial charge on any atom is -0.487 e. The van der Waals surface area contributed by atoms with Crippen molar-refractivity contribution in [3.8, 4) is 23.0 Å². The number of nitrogens with zero attached hydrogens (tertiary/aromatic N) is 2. The molecule has 12 nitrogen and oxygen atoms in total. The molecule has 0 atom stereocenters. The highest BCUT2D eigenvalue weighted by molar-refractivity contribution is 5.47. The summed E-state index contributed by atoms with van der Waals surface area (Å²) in [5.74, 6) is 2.77. The van der Waals surface area contributed by atoms with Crippen LogP contribution in [0.4, 0.5) is 0 Å². The zero-order valence-corrected chi connectivity index (χ0v) is 27.0. The monoisotopic (exact) mass is 646 g/mol. The van der Waals surface area contributed by atoms with Crippen LogP contribution in [0.3, 0.4) is 0 Å². The third kappa shape index (κ3) is 11.8. The largest absolute Gasteiger partial charge is 0.487 e. The van der Waals surface area contributed by atoms with Crippen molar-refractivity contribution < 1.29 is 47.4 Å². The molecule has 0 aliphatic carbocycles. The van der Waals surface area contributed by atoms with Crippen LogP contribution in [-0.2, 0) is 41.5 Å².